The molecule has 7 nitrogen and oxygen atoms in total. The summed E-state index contributed by atoms with van der Waals surface area (Å²) in [7, 11) is 0. The van der Waals surface area contributed by atoms with Crippen LogP contribution in [-0.2, 0) is 11.2 Å². The van der Waals surface area contributed by atoms with Crippen LogP contribution in [0.5, 0.6) is 0 Å². The van der Waals surface area contributed by atoms with Gasteiger partial charge in [0.05, 0.1) is 5.69 Å². The molecule has 1 aromatic heterocycles. The molecule has 20 heavy (non-hydrogen) atoms. The molecule has 0 aromatic carbocycles. The van der Waals surface area contributed by atoms with Crippen molar-refractivity contribution in [1.82, 2.24) is 9.97 Å². The first-order valence-electron chi connectivity index (χ1n) is 6.37. The summed E-state index contributed by atoms with van der Waals surface area (Å²) in [5, 5.41) is 9.20. The second kappa shape index (κ2) is 5.07. The van der Waals surface area contributed by atoms with E-state index in [2.05, 4.69) is 9.97 Å². The van der Waals surface area contributed by atoms with E-state index in [9.17, 15) is 14.7 Å². The Morgan fingerprint density at radius 1 is 1.35 bits per heavy atom. The Morgan fingerprint density at radius 3 is 2.65 bits per heavy atom. The molecule has 1 aromatic rings. The number of aryl methyl sites for hydroxylation is 1. The summed E-state index contributed by atoms with van der Waals surface area (Å²) in [4.78, 5) is 32.6. The quantitative estimate of drug-likeness (QED) is 0.843. The van der Waals surface area contributed by atoms with Crippen LogP contribution in [-0.4, -0.2) is 39.3 Å². The zero-order valence-corrected chi connectivity index (χ0v) is 11.7. The van der Waals surface area contributed by atoms with Crippen molar-refractivity contribution in [3.8, 4) is 0 Å². The van der Waals surface area contributed by atoms with E-state index in [1.165, 1.54) is 11.2 Å². The Kier molecular flexibility index (Phi) is 3.61. The molecular formula is C13H17N3O4. The van der Waals surface area contributed by atoms with E-state index >= 15 is 0 Å². The number of carbonyl (C=O) groups excluding carboxylic acids is 1. The van der Waals surface area contributed by atoms with Crippen LogP contribution in [0.3, 0.4) is 0 Å². The minimum absolute atomic E-state index is 0.166. The third kappa shape index (κ3) is 2.87. The molecule has 0 spiro atoms. The molecular weight excluding hydrogens is 262 g/mol. The Hall–Kier alpha value is -2.18. The van der Waals surface area contributed by atoms with Gasteiger partial charge in [-0.2, -0.15) is 0 Å². The Labute approximate surface area is 116 Å². The maximum Gasteiger partial charge on any atom is 0.414 e. The number of fused-ring (bicyclic) bond motifs is 1. The normalized spacial score (nSPS) is 14.7. The summed E-state index contributed by atoms with van der Waals surface area (Å²) in [6.45, 7) is 5.68. The monoisotopic (exact) mass is 279 g/mol. The van der Waals surface area contributed by atoms with Crippen LogP contribution in [0.15, 0.2) is 6.33 Å². The molecule has 0 fully saturated rings. The van der Waals surface area contributed by atoms with Gasteiger partial charge >= 0.3 is 12.1 Å². The number of anilines is 1. The fraction of sp³-hybridized carbons (Fsp3) is 0.538. The van der Waals surface area contributed by atoms with Crippen LogP contribution in [0.1, 0.15) is 43.4 Å². The molecule has 108 valence electrons. The minimum Gasteiger partial charge on any atom is -0.476 e. The molecule has 2 heterocycles. The number of carboxylic acids is 1. The lowest BCUT2D eigenvalue weighted by molar-refractivity contribution is 0.0577. The van der Waals surface area contributed by atoms with Gasteiger partial charge in [0.15, 0.2) is 5.69 Å². The van der Waals surface area contributed by atoms with Crippen LogP contribution >= 0.6 is 0 Å². The van der Waals surface area contributed by atoms with Gasteiger partial charge in [0.2, 0.25) is 0 Å². The second-order valence-electron chi connectivity index (χ2n) is 5.56. The van der Waals surface area contributed by atoms with E-state index in [1.807, 2.05) is 0 Å². The van der Waals surface area contributed by atoms with Gasteiger partial charge < -0.3 is 9.84 Å². The molecule has 0 unspecified atom stereocenters. The molecule has 0 saturated carbocycles. The maximum atomic E-state index is 12.2. The van der Waals surface area contributed by atoms with Gasteiger partial charge in [-0.15, -0.1) is 0 Å². The SMILES string of the molecule is CC(C)(C)OC(=O)N1CCCc2ncnc(C(=O)O)c21. The standard InChI is InChI=1S/C13H17N3O4/c1-13(2,3)20-12(19)16-6-4-5-8-10(16)9(11(17)18)15-7-14-8/h7H,4-6H2,1-3H3,(H,17,18). The van der Waals surface area contributed by atoms with E-state index in [4.69, 9.17) is 4.74 Å². The highest BCUT2D eigenvalue weighted by atomic mass is 16.6. The molecule has 1 aliphatic heterocycles. The molecule has 7 heteroatoms. The highest BCUT2D eigenvalue weighted by Crippen LogP contribution is 2.29. The number of carboxylic acid groups (broad SMARTS) is 1. The van der Waals surface area contributed by atoms with Crippen LogP contribution in [0, 0.1) is 0 Å². The van der Waals surface area contributed by atoms with E-state index in [1.54, 1.807) is 20.8 Å². The smallest absolute Gasteiger partial charge is 0.414 e. The van der Waals surface area contributed by atoms with Gasteiger partial charge in [-0.25, -0.2) is 19.6 Å². The van der Waals surface area contributed by atoms with E-state index in [0.717, 1.165) is 0 Å². The lowest BCUT2D eigenvalue weighted by Crippen LogP contribution is -2.41. The number of hydrogen-bond acceptors (Lipinski definition) is 5. The van der Waals surface area contributed by atoms with Gasteiger partial charge in [0.25, 0.3) is 0 Å². The number of carbonyl (C=O) groups is 2. The number of aromatic nitrogens is 2. The first-order valence-corrected chi connectivity index (χ1v) is 6.37. The van der Waals surface area contributed by atoms with Crippen molar-refractivity contribution in [2.75, 3.05) is 11.4 Å². The number of ether oxygens (including phenoxy) is 1. The van der Waals surface area contributed by atoms with Crippen molar-refractivity contribution in [2.24, 2.45) is 0 Å². The molecule has 1 N–H and O–H groups in total. The number of aromatic carboxylic acids is 1. The second-order valence-corrected chi connectivity index (χ2v) is 5.56. The molecule has 0 radical (unpaired) electrons. The number of nitrogens with zero attached hydrogens (tertiary/aromatic N) is 3. The number of amides is 1. The first-order chi connectivity index (χ1) is 9.29. The molecule has 0 bridgehead atoms. The Balaban J connectivity index is 2.41. The Bertz CT molecular complexity index is 551. The van der Waals surface area contributed by atoms with Crippen LogP contribution in [0.4, 0.5) is 10.5 Å². The van der Waals surface area contributed by atoms with E-state index in [0.29, 0.717) is 25.1 Å². The van der Waals surface area contributed by atoms with Crippen molar-refractivity contribution in [3.05, 3.63) is 17.7 Å². The summed E-state index contributed by atoms with van der Waals surface area (Å²) >= 11 is 0. The summed E-state index contributed by atoms with van der Waals surface area (Å²) in [6.07, 6.45) is 1.97. The van der Waals surface area contributed by atoms with Crippen molar-refractivity contribution >= 4 is 17.7 Å². The Morgan fingerprint density at radius 2 is 2.05 bits per heavy atom. The van der Waals surface area contributed by atoms with Gasteiger partial charge in [0.1, 0.15) is 17.6 Å². The van der Waals surface area contributed by atoms with Crippen molar-refractivity contribution < 1.29 is 19.4 Å². The van der Waals surface area contributed by atoms with Crippen molar-refractivity contribution in [1.29, 1.82) is 0 Å². The van der Waals surface area contributed by atoms with Gasteiger partial charge in [-0.05, 0) is 33.6 Å². The molecule has 0 saturated heterocycles. The van der Waals surface area contributed by atoms with Crippen LogP contribution < -0.4 is 4.90 Å². The highest BCUT2D eigenvalue weighted by Gasteiger charge is 2.32. The summed E-state index contributed by atoms with van der Waals surface area (Å²) in [5.74, 6) is -1.18. The summed E-state index contributed by atoms with van der Waals surface area (Å²) < 4.78 is 5.31. The van der Waals surface area contributed by atoms with Crippen molar-refractivity contribution in [3.63, 3.8) is 0 Å². The zero-order valence-electron chi connectivity index (χ0n) is 11.7. The molecule has 0 aliphatic carbocycles. The molecule has 1 aliphatic rings. The third-order valence-electron chi connectivity index (χ3n) is 2.78. The lowest BCUT2D eigenvalue weighted by Gasteiger charge is -2.31. The summed E-state index contributed by atoms with van der Waals surface area (Å²) in [6, 6.07) is 0. The first kappa shape index (κ1) is 14.2. The fourth-order valence-corrected chi connectivity index (χ4v) is 2.05. The van der Waals surface area contributed by atoms with Gasteiger partial charge in [-0.3, -0.25) is 4.90 Å². The van der Waals surface area contributed by atoms with Crippen molar-refractivity contribution in [2.45, 2.75) is 39.2 Å². The average molecular weight is 279 g/mol. The topological polar surface area (TPSA) is 92.6 Å². The van der Waals surface area contributed by atoms with Crippen LogP contribution in [0.25, 0.3) is 0 Å². The largest absolute Gasteiger partial charge is 0.476 e. The third-order valence-corrected chi connectivity index (χ3v) is 2.78. The average Bonchev–Trinajstić information content (AvgIpc) is 2.35. The lowest BCUT2D eigenvalue weighted by atomic mass is 10.1. The molecule has 0 atom stereocenters. The van der Waals surface area contributed by atoms with Crippen LogP contribution in [0.2, 0.25) is 0 Å². The van der Waals surface area contributed by atoms with E-state index in [-0.39, 0.29) is 11.4 Å². The summed E-state index contributed by atoms with van der Waals surface area (Å²) in [5.41, 5.74) is 0.00355. The van der Waals surface area contributed by atoms with Gasteiger partial charge in [0, 0.05) is 6.54 Å². The predicted molar refractivity (Wildman–Crippen MR) is 70.9 cm³/mol. The predicted octanol–water partition coefficient (Wildman–Crippen LogP) is 1.86. The fourth-order valence-electron chi connectivity index (χ4n) is 2.05. The number of rotatable bonds is 1. The minimum atomic E-state index is -1.18. The molecule has 2 rings (SSSR count). The number of hydrogen-bond donors (Lipinski definition) is 1. The molecule has 1 amide bonds. The zero-order chi connectivity index (χ0) is 14.9. The van der Waals surface area contributed by atoms with Gasteiger partial charge in [-0.1, -0.05) is 0 Å². The van der Waals surface area contributed by atoms with E-state index < -0.39 is 17.7 Å². The highest BCUT2D eigenvalue weighted by molar-refractivity contribution is 5.99. The maximum absolute atomic E-state index is 12.2.